The van der Waals surface area contributed by atoms with Crippen LogP contribution in [-0.4, -0.2) is 27.4 Å². The highest BCUT2D eigenvalue weighted by molar-refractivity contribution is 5.98. The van der Waals surface area contributed by atoms with Crippen LogP contribution in [0.15, 0.2) is 54.9 Å². The molecule has 3 aromatic rings. The molecule has 0 bridgehead atoms. The third-order valence-electron chi connectivity index (χ3n) is 3.66. The van der Waals surface area contributed by atoms with Crippen LogP contribution in [0, 0.1) is 0 Å². The molecule has 0 N–H and O–H groups in total. The molecule has 1 amide bonds. The van der Waals surface area contributed by atoms with Crippen LogP contribution in [0.25, 0.3) is 10.9 Å². The van der Waals surface area contributed by atoms with Gasteiger partial charge in [0.05, 0.1) is 0 Å². The minimum absolute atomic E-state index is 0.0116. The molecular formula is C17H17N3O. The minimum Gasteiger partial charge on any atom is -0.340 e. The maximum atomic E-state index is 12.6. The molecule has 0 aliphatic carbocycles. The van der Waals surface area contributed by atoms with Crippen molar-refractivity contribution in [3.63, 3.8) is 0 Å². The number of amides is 1. The van der Waals surface area contributed by atoms with Gasteiger partial charge in [0, 0.05) is 43.9 Å². The van der Waals surface area contributed by atoms with E-state index in [0.717, 1.165) is 16.5 Å². The van der Waals surface area contributed by atoms with E-state index in [9.17, 15) is 4.79 Å². The van der Waals surface area contributed by atoms with Crippen molar-refractivity contribution in [3.8, 4) is 0 Å². The Morgan fingerprint density at radius 1 is 1.24 bits per heavy atom. The van der Waals surface area contributed by atoms with Crippen molar-refractivity contribution in [1.82, 2.24) is 14.5 Å². The van der Waals surface area contributed by atoms with Gasteiger partial charge in [-0.25, -0.2) is 0 Å². The Hall–Kier alpha value is -2.62. The fourth-order valence-corrected chi connectivity index (χ4v) is 2.53. The van der Waals surface area contributed by atoms with E-state index in [-0.39, 0.29) is 5.91 Å². The third kappa shape index (κ3) is 2.52. The second-order valence-electron chi connectivity index (χ2n) is 5.17. The Morgan fingerprint density at radius 3 is 2.76 bits per heavy atom. The lowest BCUT2D eigenvalue weighted by atomic mass is 10.2. The number of benzene rings is 1. The molecule has 0 spiro atoms. The van der Waals surface area contributed by atoms with Crippen LogP contribution in [0.4, 0.5) is 0 Å². The first-order valence-electron chi connectivity index (χ1n) is 6.85. The van der Waals surface area contributed by atoms with Crippen LogP contribution in [0.3, 0.4) is 0 Å². The highest BCUT2D eigenvalue weighted by Gasteiger charge is 2.17. The normalized spacial score (nSPS) is 10.8. The minimum atomic E-state index is 0.0116. The van der Waals surface area contributed by atoms with Crippen molar-refractivity contribution in [1.29, 1.82) is 0 Å². The lowest BCUT2D eigenvalue weighted by molar-refractivity contribution is 0.0776. The van der Waals surface area contributed by atoms with Gasteiger partial charge in [0.2, 0.25) is 0 Å². The van der Waals surface area contributed by atoms with Crippen LogP contribution in [-0.2, 0) is 13.6 Å². The number of aromatic nitrogens is 2. The van der Waals surface area contributed by atoms with Crippen molar-refractivity contribution in [2.24, 2.45) is 7.05 Å². The Labute approximate surface area is 123 Å². The van der Waals surface area contributed by atoms with Crippen LogP contribution >= 0.6 is 0 Å². The standard InChI is InChI=1S/C17H17N3O/c1-19(12-13-6-5-9-18-11-13)17(21)16-10-14-7-3-4-8-15(14)20(16)2/h3-11H,12H2,1-2H3. The van der Waals surface area contributed by atoms with Crippen molar-refractivity contribution < 1.29 is 4.79 Å². The van der Waals surface area contributed by atoms with E-state index in [1.165, 1.54) is 0 Å². The fraction of sp³-hybridized carbons (Fsp3) is 0.176. The van der Waals surface area contributed by atoms with Crippen molar-refractivity contribution in [2.45, 2.75) is 6.54 Å². The predicted octanol–water partition coefficient (Wildman–Crippen LogP) is 2.85. The molecule has 0 saturated heterocycles. The molecule has 0 saturated carbocycles. The van der Waals surface area contributed by atoms with Crippen LogP contribution in [0.1, 0.15) is 16.1 Å². The Balaban J connectivity index is 1.88. The average Bonchev–Trinajstić information content (AvgIpc) is 2.85. The highest BCUT2D eigenvalue weighted by atomic mass is 16.2. The van der Waals surface area contributed by atoms with Gasteiger partial charge in [0.25, 0.3) is 5.91 Å². The van der Waals surface area contributed by atoms with E-state index >= 15 is 0 Å². The van der Waals surface area contributed by atoms with Gasteiger partial charge in [-0.2, -0.15) is 0 Å². The second kappa shape index (κ2) is 5.40. The Kier molecular flexibility index (Phi) is 3.44. The molecule has 2 heterocycles. The van der Waals surface area contributed by atoms with Crippen LogP contribution in [0.2, 0.25) is 0 Å². The van der Waals surface area contributed by atoms with Gasteiger partial charge in [-0.15, -0.1) is 0 Å². The van der Waals surface area contributed by atoms with E-state index in [1.807, 2.05) is 61.1 Å². The molecule has 4 nitrogen and oxygen atoms in total. The molecule has 3 rings (SSSR count). The Morgan fingerprint density at radius 2 is 2.05 bits per heavy atom. The number of fused-ring (bicyclic) bond motifs is 1. The lowest BCUT2D eigenvalue weighted by Gasteiger charge is -2.17. The maximum absolute atomic E-state index is 12.6. The summed E-state index contributed by atoms with van der Waals surface area (Å²) < 4.78 is 1.94. The van der Waals surface area contributed by atoms with Crippen molar-refractivity contribution >= 4 is 16.8 Å². The summed E-state index contributed by atoms with van der Waals surface area (Å²) in [5.74, 6) is 0.0116. The zero-order chi connectivity index (χ0) is 14.8. The molecule has 4 heteroatoms. The van der Waals surface area contributed by atoms with Crippen molar-refractivity contribution in [3.05, 3.63) is 66.1 Å². The monoisotopic (exact) mass is 279 g/mol. The quantitative estimate of drug-likeness (QED) is 0.739. The largest absolute Gasteiger partial charge is 0.340 e. The summed E-state index contributed by atoms with van der Waals surface area (Å²) in [7, 11) is 3.74. The second-order valence-corrected chi connectivity index (χ2v) is 5.17. The molecule has 0 radical (unpaired) electrons. The molecule has 106 valence electrons. The number of hydrogen-bond acceptors (Lipinski definition) is 2. The average molecular weight is 279 g/mol. The highest BCUT2D eigenvalue weighted by Crippen LogP contribution is 2.19. The van der Waals surface area contributed by atoms with Crippen molar-refractivity contribution in [2.75, 3.05) is 7.05 Å². The molecule has 2 aromatic heterocycles. The molecule has 0 aliphatic heterocycles. The Bertz CT molecular complexity index is 777. The van der Waals surface area contributed by atoms with Gasteiger partial charge in [-0.1, -0.05) is 24.3 Å². The molecule has 0 unspecified atom stereocenters. The molecule has 1 aromatic carbocycles. The summed E-state index contributed by atoms with van der Waals surface area (Å²) >= 11 is 0. The SMILES string of the molecule is CN(Cc1cccnc1)C(=O)c1cc2ccccc2n1C. The van der Waals surface area contributed by atoms with E-state index < -0.39 is 0 Å². The lowest BCUT2D eigenvalue weighted by Crippen LogP contribution is -2.27. The predicted molar refractivity (Wildman–Crippen MR) is 83.0 cm³/mol. The summed E-state index contributed by atoms with van der Waals surface area (Å²) in [5.41, 5.74) is 2.78. The summed E-state index contributed by atoms with van der Waals surface area (Å²) in [6, 6.07) is 13.8. The van der Waals surface area contributed by atoms with E-state index in [0.29, 0.717) is 12.2 Å². The smallest absolute Gasteiger partial charge is 0.270 e. The fourth-order valence-electron chi connectivity index (χ4n) is 2.53. The summed E-state index contributed by atoms with van der Waals surface area (Å²) in [6.07, 6.45) is 3.51. The van der Waals surface area contributed by atoms with Gasteiger partial charge in [0.1, 0.15) is 5.69 Å². The molecule has 21 heavy (non-hydrogen) atoms. The zero-order valence-corrected chi connectivity index (χ0v) is 12.2. The number of aryl methyl sites for hydroxylation is 1. The van der Waals surface area contributed by atoms with Gasteiger partial charge in [-0.3, -0.25) is 9.78 Å². The molecule has 0 atom stereocenters. The van der Waals surface area contributed by atoms with Crippen LogP contribution < -0.4 is 0 Å². The molecule has 0 aliphatic rings. The summed E-state index contributed by atoms with van der Waals surface area (Å²) in [4.78, 5) is 18.4. The first-order valence-corrected chi connectivity index (χ1v) is 6.85. The first-order chi connectivity index (χ1) is 10.2. The van der Waals surface area contributed by atoms with Gasteiger partial charge in [0.15, 0.2) is 0 Å². The topological polar surface area (TPSA) is 38.1 Å². The number of hydrogen-bond donors (Lipinski definition) is 0. The number of pyridine rings is 1. The molecule has 0 fully saturated rings. The first kappa shape index (κ1) is 13.4. The maximum Gasteiger partial charge on any atom is 0.270 e. The summed E-state index contributed by atoms with van der Waals surface area (Å²) in [5, 5.41) is 1.08. The molecular weight excluding hydrogens is 262 g/mol. The number of rotatable bonds is 3. The third-order valence-corrected chi connectivity index (χ3v) is 3.66. The number of para-hydroxylation sites is 1. The van der Waals surface area contributed by atoms with Gasteiger partial charge < -0.3 is 9.47 Å². The van der Waals surface area contributed by atoms with Gasteiger partial charge in [-0.05, 0) is 23.8 Å². The summed E-state index contributed by atoms with van der Waals surface area (Å²) in [6.45, 7) is 0.550. The number of carbonyl (C=O) groups excluding carboxylic acids is 1. The van der Waals surface area contributed by atoms with Crippen LogP contribution in [0.5, 0.6) is 0 Å². The van der Waals surface area contributed by atoms with E-state index in [1.54, 1.807) is 17.3 Å². The van der Waals surface area contributed by atoms with E-state index in [2.05, 4.69) is 4.98 Å². The van der Waals surface area contributed by atoms with E-state index in [4.69, 9.17) is 0 Å². The number of carbonyl (C=O) groups is 1. The van der Waals surface area contributed by atoms with Gasteiger partial charge >= 0.3 is 0 Å². The number of nitrogens with zero attached hydrogens (tertiary/aromatic N) is 3. The zero-order valence-electron chi connectivity index (χ0n) is 12.2.